The zero-order valence-electron chi connectivity index (χ0n) is 18.1. The van der Waals surface area contributed by atoms with Crippen molar-refractivity contribution in [2.45, 2.75) is 44.1 Å². The molecule has 2 amide bonds. The molecule has 1 heterocycles. The van der Waals surface area contributed by atoms with E-state index in [-0.39, 0.29) is 5.56 Å². The Bertz CT molecular complexity index is 1180. The van der Waals surface area contributed by atoms with Crippen LogP contribution in [0, 0.1) is 5.92 Å². The van der Waals surface area contributed by atoms with Crippen molar-refractivity contribution < 1.29 is 9.59 Å². The van der Waals surface area contributed by atoms with Crippen LogP contribution in [0.15, 0.2) is 58.5 Å². The predicted octanol–water partition coefficient (Wildman–Crippen LogP) is 4.04. The number of thioether (sulfide) groups is 1. The third-order valence-corrected chi connectivity index (χ3v) is 6.12. The van der Waals surface area contributed by atoms with Gasteiger partial charge in [-0.1, -0.05) is 55.4 Å². The Kier molecular flexibility index (Phi) is 7.93. The second kappa shape index (κ2) is 10.7. The number of hydrazine groups is 1. The predicted molar refractivity (Wildman–Crippen MR) is 128 cm³/mol. The van der Waals surface area contributed by atoms with Crippen LogP contribution in [0.4, 0.5) is 0 Å². The van der Waals surface area contributed by atoms with Crippen LogP contribution >= 0.6 is 23.4 Å². The van der Waals surface area contributed by atoms with E-state index in [9.17, 15) is 14.4 Å². The molecular formula is C23H25ClN4O3S. The van der Waals surface area contributed by atoms with Gasteiger partial charge in [-0.05, 0) is 49.6 Å². The molecule has 2 aromatic carbocycles. The van der Waals surface area contributed by atoms with Crippen LogP contribution < -0.4 is 16.4 Å². The Labute approximate surface area is 195 Å². The topological polar surface area (TPSA) is 93.1 Å². The highest BCUT2D eigenvalue weighted by Crippen LogP contribution is 2.24. The smallest absolute Gasteiger partial charge is 0.269 e. The molecule has 1 atom stereocenters. The van der Waals surface area contributed by atoms with E-state index in [0.717, 1.165) is 18.2 Å². The zero-order chi connectivity index (χ0) is 23.3. The normalized spacial score (nSPS) is 12.0. The first-order valence-electron chi connectivity index (χ1n) is 10.3. The van der Waals surface area contributed by atoms with Crippen molar-refractivity contribution in [1.29, 1.82) is 0 Å². The van der Waals surface area contributed by atoms with E-state index >= 15 is 0 Å². The maximum absolute atomic E-state index is 13.1. The molecule has 0 saturated carbocycles. The number of hydrogen-bond acceptors (Lipinski definition) is 5. The van der Waals surface area contributed by atoms with Crippen LogP contribution in [0.2, 0.25) is 5.02 Å². The molecule has 0 bridgehead atoms. The number of carbonyl (C=O) groups is 2. The van der Waals surface area contributed by atoms with E-state index in [1.165, 1.54) is 0 Å². The fourth-order valence-electron chi connectivity index (χ4n) is 2.94. The molecule has 7 nitrogen and oxygen atoms in total. The fraction of sp³-hybridized carbons (Fsp3) is 0.304. The van der Waals surface area contributed by atoms with Crippen LogP contribution in [0.25, 0.3) is 10.9 Å². The van der Waals surface area contributed by atoms with Crippen molar-refractivity contribution in [3.8, 4) is 0 Å². The molecule has 0 aliphatic carbocycles. The molecule has 0 fully saturated rings. The quantitative estimate of drug-likeness (QED) is 0.307. The average molecular weight is 473 g/mol. The third-order valence-electron chi connectivity index (χ3n) is 4.80. The summed E-state index contributed by atoms with van der Waals surface area (Å²) in [6.45, 7) is 6.34. The Hall–Kier alpha value is -2.84. The summed E-state index contributed by atoms with van der Waals surface area (Å²) in [6.07, 6.45) is 0.794. The van der Waals surface area contributed by atoms with Crippen molar-refractivity contribution in [2.24, 2.45) is 5.92 Å². The van der Waals surface area contributed by atoms with Crippen LogP contribution in [-0.2, 0) is 11.3 Å². The number of aromatic nitrogens is 2. The fourth-order valence-corrected chi connectivity index (χ4v) is 4.04. The minimum absolute atomic E-state index is 0.167. The first-order valence-corrected chi connectivity index (χ1v) is 11.5. The molecule has 3 rings (SSSR count). The lowest BCUT2D eigenvalue weighted by Gasteiger charge is -2.17. The number of rotatable bonds is 7. The van der Waals surface area contributed by atoms with Crippen LogP contribution in [-0.4, -0.2) is 26.6 Å². The average Bonchev–Trinajstić information content (AvgIpc) is 2.77. The summed E-state index contributed by atoms with van der Waals surface area (Å²) in [4.78, 5) is 42.5. The monoisotopic (exact) mass is 472 g/mol. The number of halogens is 1. The van der Waals surface area contributed by atoms with Crippen molar-refractivity contribution in [3.63, 3.8) is 0 Å². The van der Waals surface area contributed by atoms with Crippen molar-refractivity contribution >= 4 is 46.1 Å². The van der Waals surface area contributed by atoms with Crippen LogP contribution in [0.3, 0.4) is 0 Å². The standard InChI is InChI=1S/C23H25ClN4O3S/c1-14(2)11-12-28-22(31)18-10-9-17(24)13-19(18)25-23(28)32-15(3)20(29)26-27-21(30)16-7-5-4-6-8-16/h4-10,13-15H,11-12H2,1-3H3,(H,26,29)(H,27,30)/t15-/m1/s1. The van der Waals surface area contributed by atoms with Gasteiger partial charge in [-0.15, -0.1) is 0 Å². The largest absolute Gasteiger partial charge is 0.287 e. The first kappa shape index (κ1) is 23.8. The van der Waals surface area contributed by atoms with Crippen LogP contribution in [0.1, 0.15) is 37.6 Å². The van der Waals surface area contributed by atoms with Gasteiger partial charge in [-0.3, -0.25) is 29.8 Å². The number of amides is 2. The highest BCUT2D eigenvalue weighted by molar-refractivity contribution is 8.00. The molecule has 2 N–H and O–H groups in total. The molecule has 0 aliphatic heterocycles. The summed E-state index contributed by atoms with van der Waals surface area (Å²) in [5.74, 6) is -0.423. The van der Waals surface area contributed by atoms with Crippen LogP contribution in [0.5, 0.6) is 0 Å². The van der Waals surface area contributed by atoms with Gasteiger partial charge in [0.2, 0.25) is 0 Å². The summed E-state index contributed by atoms with van der Waals surface area (Å²) < 4.78 is 1.60. The van der Waals surface area contributed by atoms with Crippen molar-refractivity contribution in [1.82, 2.24) is 20.4 Å². The second-order valence-corrected chi connectivity index (χ2v) is 9.51. The lowest BCUT2D eigenvalue weighted by Crippen LogP contribution is -2.45. The number of benzene rings is 2. The number of nitrogens with one attached hydrogen (secondary N) is 2. The van der Waals surface area contributed by atoms with Gasteiger partial charge in [0, 0.05) is 17.1 Å². The molecule has 0 radical (unpaired) electrons. The van der Waals surface area contributed by atoms with Gasteiger partial charge < -0.3 is 0 Å². The summed E-state index contributed by atoms with van der Waals surface area (Å²) in [5.41, 5.74) is 5.60. The number of fused-ring (bicyclic) bond motifs is 1. The van der Waals surface area contributed by atoms with Gasteiger partial charge in [0.25, 0.3) is 17.4 Å². The number of carbonyl (C=O) groups excluding carboxylic acids is 2. The lowest BCUT2D eigenvalue weighted by atomic mass is 10.1. The Balaban J connectivity index is 1.79. The summed E-state index contributed by atoms with van der Waals surface area (Å²) >= 11 is 7.24. The maximum Gasteiger partial charge on any atom is 0.269 e. The SMILES string of the molecule is CC(C)CCn1c(S[C@H](C)C(=O)NNC(=O)c2ccccc2)nc2cc(Cl)ccc2c1=O. The minimum Gasteiger partial charge on any atom is -0.287 e. The Morgan fingerprint density at radius 3 is 2.50 bits per heavy atom. The molecule has 0 saturated heterocycles. The van der Waals surface area contributed by atoms with Gasteiger partial charge >= 0.3 is 0 Å². The summed E-state index contributed by atoms with van der Waals surface area (Å²) in [7, 11) is 0. The molecular weight excluding hydrogens is 448 g/mol. The van der Waals surface area contributed by atoms with Gasteiger partial charge in [-0.25, -0.2) is 4.98 Å². The minimum atomic E-state index is -0.611. The molecule has 32 heavy (non-hydrogen) atoms. The molecule has 0 spiro atoms. The van der Waals surface area contributed by atoms with Crippen molar-refractivity contribution in [3.05, 3.63) is 69.5 Å². The zero-order valence-corrected chi connectivity index (χ0v) is 19.7. The molecule has 3 aromatic rings. The first-order chi connectivity index (χ1) is 15.3. The van der Waals surface area contributed by atoms with E-state index in [2.05, 4.69) is 29.7 Å². The Morgan fingerprint density at radius 1 is 1.09 bits per heavy atom. The molecule has 9 heteroatoms. The second-order valence-electron chi connectivity index (χ2n) is 7.76. The maximum atomic E-state index is 13.1. The van der Waals surface area contributed by atoms with E-state index < -0.39 is 17.1 Å². The van der Waals surface area contributed by atoms with Gasteiger partial charge in [0.05, 0.1) is 16.2 Å². The van der Waals surface area contributed by atoms with Gasteiger partial charge in [0.15, 0.2) is 5.16 Å². The Morgan fingerprint density at radius 2 is 1.81 bits per heavy atom. The highest BCUT2D eigenvalue weighted by Gasteiger charge is 2.20. The molecule has 168 valence electrons. The highest BCUT2D eigenvalue weighted by atomic mass is 35.5. The number of nitrogens with zero attached hydrogens (tertiary/aromatic N) is 2. The molecule has 0 aliphatic rings. The van der Waals surface area contributed by atoms with E-state index in [0.29, 0.717) is 39.1 Å². The molecule has 1 aromatic heterocycles. The third kappa shape index (κ3) is 5.89. The van der Waals surface area contributed by atoms with Gasteiger partial charge in [0.1, 0.15) is 0 Å². The summed E-state index contributed by atoms with van der Waals surface area (Å²) in [5, 5.41) is 0.784. The molecule has 0 unspecified atom stereocenters. The van der Waals surface area contributed by atoms with E-state index in [4.69, 9.17) is 11.6 Å². The van der Waals surface area contributed by atoms with E-state index in [1.807, 2.05) is 0 Å². The van der Waals surface area contributed by atoms with Crippen molar-refractivity contribution in [2.75, 3.05) is 0 Å². The summed E-state index contributed by atoms with van der Waals surface area (Å²) in [6, 6.07) is 13.6. The lowest BCUT2D eigenvalue weighted by molar-refractivity contribution is -0.121. The van der Waals surface area contributed by atoms with Gasteiger partial charge in [-0.2, -0.15) is 0 Å². The van der Waals surface area contributed by atoms with E-state index in [1.54, 1.807) is 60.0 Å². The number of hydrogen-bond donors (Lipinski definition) is 2.